The van der Waals surface area contributed by atoms with Gasteiger partial charge in [0, 0.05) is 6.54 Å². The van der Waals surface area contributed by atoms with Gasteiger partial charge in [-0.3, -0.25) is 0 Å². The van der Waals surface area contributed by atoms with Gasteiger partial charge < -0.3 is 19.5 Å². The molecule has 4 heteroatoms. The summed E-state index contributed by atoms with van der Waals surface area (Å²) in [5.41, 5.74) is 1.25. The molecule has 0 amide bonds. The lowest BCUT2D eigenvalue weighted by Gasteiger charge is -2.16. The summed E-state index contributed by atoms with van der Waals surface area (Å²) in [7, 11) is 1.68. The maximum Gasteiger partial charge on any atom is 0.161 e. The molecule has 1 heterocycles. The fourth-order valence-electron chi connectivity index (χ4n) is 2.59. The predicted octanol–water partition coefficient (Wildman–Crippen LogP) is 2.79. The first-order valence-electron chi connectivity index (χ1n) is 7.92. The summed E-state index contributed by atoms with van der Waals surface area (Å²) in [6.45, 7) is 6.75. The second kappa shape index (κ2) is 8.25. The molecule has 118 valence electrons. The van der Waals surface area contributed by atoms with Crippen molar-refractivity contribution < 1.29 is 14.2 Å². The number of nitrogens with one attached hydrogen (secondary N) is 1. The number of ether oxygens (including phenoxy) is 3. The van der Waals surface area contributed by atoms with Gasteiger partial charge in [-0.25, -0.2) is 0 Å². The Hall–Kier alpha value is -1.26. The lowest BCUT2D eigenvalue weighted by molar-refractivity contribution is 0.0183. The monoisotopic (exact) mass is 293 g/mol. The fourth-order valence-corrected chi connectivity index (χ4v) is 2.59. The minimum Gasteiger partial charge on any atom is -0.493 e. The van der Waals surface area contributed by atoms with Gasteiger partial charge in [0.1, 0.15) is 6.61 Å². The molecule has 0 aromatic heterocycles. The van der Waals surface area contributed by atoms with Gasteiger partial charge in [-0.05, 0) is 43.5 Å². The lowest BCUT2D eigenvalue weighted by Crippen LogP contribution is -2.28. The van der Waals surface area contributed by atoms with Crippen molar-refractivity contribution in [2.75, 3.05) is 26.8 Å². The molecule has 0 aliphatic carbocycles. The van der Waals surface area contributed by atoms with Crippen LogP contribution in [0.15, 0.2) is 18.2 Å². The highest BCUT2D eigenvalue weighted by molar-refractivity contribution is 5.42. The van der Waals surface area contributed by atoms with Gasteiger partial charge in [0.2, 0.25) is 0 Å². The standard InChI is InChI=1S/C17H27NO3/c1-4-13-6-9-16(17(10-13)19-3)20-12-15-8-7-14(21-15)11-18-5-2/h6,9-10,14-15,18H,4-5,7-8,11-12H2,1-3H3. The molecule has 0 saturated carbocycles. The highest BCUT2D eigenvalue weighted by atomic mass is 16.6. The summed E-state index contributed by atoms with van der Waals surface area (Å²) < 4.78 is 17.3. The Morgan fingerprint density at radius 3 is 2.71 bits per heavy atom. The molecule has 0 spiro atoms. The molecular formula is C17H27NO3. The second-order valence-corrected chi connectivity index (χ2v) is 5.41. The van der Waals surface area contributed by atoms with Crippen LogP contribution in [0.25, 0.3) is 0 Å². The van der Waals surface area contributed by atoms with Gasteiger partial charge in [0.25, 0.3) is 0 Å². The molecule has 1 aliphatic rings. The van der Waals surface area contributed by atoms with Crippen LogP contribution in [0, 0.1) is 0 Å². The SMILES string of the molecule is CCNCC1CCC(COc2ccc(CC)cc2OC)O1. The van der Waals surface area contributed by atoms with Crippen molar-refractivity contribution in [1.82, 2.24) is 5.32 Å². The minimum atomic E-state index is 0.184. The van der Waals surface area contributed by atoms with Crippen LogP contribution >= 0.6 is 0 Å². The number of hydrogen-bond acceptors (Lipinski definition) is 4. The third kappa shape index (κ3) is 4.61. The molecule has 0 radical (unpaired) electrons. The first kappa shape index (κ1) is 16.1. The van der Waals surface area contributed by atoms with Crippen molar-refractivity contribution in [3.63, 3.8) is 0 Å². The molecule has 1 saturated heterocycles. The average molecular weight is 293 g/mol. The van der Waals surface area contributed by atoms with E-state index in [9.17, 15) is 0 Å². The van der Waals surface area contributed by atoms with E-state index < -0.39 is 0 Å². The Morgan fingerprint density at radius 2 is 2.00 bits per heavy atom. The van der Waals surface area contributed by atoms with E-state index in [1.165, 1.54) is 5.56 Å². The van der Waals surface area contributed by atoms with Crippen LogP contribution in [0.3, 0.4) is 0 Å². The molecule has 2 atom stereocenters. The van der Waals surface area contributed by atoms with E-state index >= 15 is 0 Å². The van der Waals surface area contributed by atoms with Gasteiger partial charge in [0.05, 0.1) is 19.3 Å². The first-order valence-corrected chi connectivity index (χ1v) is 7.92. The van der Waals surface area contributed by atoms with Gasteiger partial charge in [-0.2, -0.15) is 0 Å². The van der Waals surface area contributed by atoms with Crippen LogP contribution < -0.4 is 14.8 Å². The first-order chi connectivity index (χ1) is 10.3. The summed E-state index contributed by atoms with van der Waals surface area (Å²) in [5.74, 6) is 1.60. The van der Waals surface area contributed by atoms with E-state index in [0.717, 1.165) is 43.9 Å². The molecule has 2 rings (SSSR count). The topological polar surface area (TPSA) is 39.7 Å². The van der Waals surface area contributed by atoms with E-state index in [1.54, 1.807) is 7.11 Å². The van der Waals surface area contributed by atoms with E-state index in [-0.39, 0.29) is 6.10 Å². The summed E-state index contributed by atoms with van der Waals surface area (Å²) in [4.78, 5) is 0. The predicted molar refractivity (Wildman–Crippen MR) is 84.3 cm³/mol. The van der Waals surface area contributed by atoms with Crippen molar-refractivity contribution in [2.24, 2.45) is 0 Å². The zero-order valence-corrected chi connectivity index (χ0v) is 13.4. The van der Waals surface area contributed by atoms with Crippen LogP contribution in [-0.4, -0.2) is 39.0 Å². The number of methoxy groups -OCH3 is 1. The van der Waals surface area contributed by atoms with Crippen molar-refractivity contribution >= 4 is 0 Å². The minimum absolute atomic E-state index is 0.184. The lowest BCUT2D eigenvalue weighted by atomic mass is 10.1. The third-order valence-electron chi connectivity index (χ3n) is 3.88. The quantitative estimate of drug-likeness (QED) is 0.800. The Bertz CT molecular complexity index is 436. The average Bonchev–Trinajstić information content (AvgIpc) is 2.98. The molecule has 1 fully saturated rings. The van der Waals surface area contributed by atoms with E-state index in [2.05, 4.69) is 25.2 Å². The molecule has 2 unspecified atom stereocenters. The third-order valence-corrected chi connectivity index (χ3v) is 3.88. The van der Waals surface area contributed by atoms with E-state index in [1.807, 2.05) is 12.1 Å². The van der Waals surface area contributed by atoms with Crippen molar-refractivity contribution in [3.8, 4) is 11.5 Å². The Labute approximate surface area is 127 Å². The zero-order valence-electron chi connectivity index (χ0n) is 13.4. The van der Waals surface area contributed by atoms with Crippen molar-refractivity contribution in [1.29, 1.82) is 0 Å². The Balaban J connectivity index is 1.83. The van der Waals surface area contributed by atoms with Crippen LogP contribution in [0.5, 0.6) is 11.5 Å². The van der Waals surface area contributed by atoms with Crippen LogP contribution in [0.1, 0.15) is 32.3 Å². The molecule has 21 heavy (non-hydrogen) atoms. The van der Waals surface area contributed by atoms with Crippen LogP contribution in [0.4, 0.5) is 0 Å². The number of likely N-dealkylation sites (N-methyl/N-ethyl adjacent to an activating group) is 1. The Morgan fingerprint density at radius 1 is 1.19 bits per heavy atom. The van der Waals surface area contributed by atoms with Gasteiger partial charge in [-0.1, -0.05) is 19.9 Å². The Kier molecular flexibility index (Phi) is 6.33. The van der Waals surface area contributed by atoms with E-state index in [0.29, 0.717) is 12.7 Å². The van der Waals surface area contributed by atoms with Gasteiger partial charge in [0.15, 0.2) is 11.5 Å². The van der Waals surface area contributed by atoms with Crippen LogP contribution in [-0.2, 0) is 11.2 Å². The van der Waals surface area contributed by atoms with Crippen molar-refractivity contribution in [3.05, 3.63) is 23.8 Å². The molecular weight excluding hydrogens is 266 g/mol. The van der Waals surface area contributed by atoms with Gasteiger partial charge >= 0.3 is 0 Å². The smallest absolute Gasteiger partial charge is 0.161 e. The van der Waals surface area contributed by atoms with Crippen LogP contribution in [0.2, 0.25) is 0 Å². The maximum absolute atomic E-state index is 5.98. The maximum atomic E-state index is 5.98. The van der Waals surface area contributed by atoms with E-state index in [4.69, 9.17) is 14.2 Å². The van der Waals surface area contributed by atoms with Gasteiger partial charge in [-0.15, -0.1) is 0 Å². The molecule has 1 aromatic carbocycles. The fraction of sp³-hybridized carbons (Fsp3) is 0.647. The number of benzene rings is 1. The largest absolute Gasteiger partial charge is 0.493 e. The molecule has 1 N–H and O–H groups in total. The molecule has 1 aliphatic heterocycles. The zero-order chi connectivity index (χ0) is 15.1. The summed E-state index contributed by atoms with van der Waals surface area (Å²) in [6.07, 6.45) is 3.67. The summed E-state index contributed by atoms with van der Waals surface area (Å²) >= 11 is 0. The summed E-state index contributed by atoms with van der Waals surface area (Å²) in [5, 5.41) is 3.33. The normalized spacial score (nSPS) is 21.5. The number of hydrogen-bond donors (Lipinski definition) is 1. The number of rotatable bonds is 8. The second-order valence-electron chi connectivity index (χ2n) is 5.41. The molecule has 4 nitrogen and oxygen atoms in total. The molecule has 0 bridgehead atoms. The van der Waals surface area contributed by atoms with Crippen molar-refractivity contribution in [2.45, 2.75) is 45.3 Å². The molecule has 1 aromatic rings. The highest BCUT2D eigenvalue weighted by Gasteiger charge is 2.25. The summed E-state index contributed by atoms with van der Waals surface area (Å²) in [6, 6.07) is 6.11. The number of aryl methyl sites for hydroxylation is 1. The highest BCUT2D eigenvalue weighted by Crippen LogP contribution is 2.29.